The summed E-state index contributed by atoms with van der Waals surface area (Å²) in [6, 6.07) is 11.7. The minimum absolute atomic E-state index is 0.392. The van der Waals surface area contributed by atoms with Crippen molar-refractivity contribution in [1.29, 1.82) is 0 Å². The van der Waals surface area contributed by atoms with Crippen LogP contribution in [0.1, 0.15) is 18.9 Å². The third-order valence-electron chi connectivity index (χ3n) is 3.25. The van der Waals surface area contributed by atoms with Gasteiger partial charge in [-0.05, 0) is 25.3 Å². The van der Waals surface area contributed by atoms with Gasteiger partial charge < -0.3 is 5.73 Å². The van der Waals surface area contributed by atoms with Crippen LogP contribution in [0.5, 0.6) is 0 Å². The molecule has 2 rings (SSSR count). The SMILES string of the molecule is C[C@@H](Cc1ccccc1)N1CC[C@H](N)C1. The van der Waals surface area contributed by atoms with Crippen LogP contribution in [-0.2, 0) is 6.42 Å². The lowest BCUT2D eigenvalue weighted by atomic mass is 10.1. The summed E-state index contributed by atoms with van der Waals surface area (Å²) in [4.78, 5) is 2.50. The maximum atomic E-state index is 5.91. The first-order valence-electron chi connectivity index (χ1n) is 5.79. The molecule has 0 bridgehead atoms. The van der Waals surface area contributed by atoms with Crippen molar-refractivity contribution in [3.05, 3.63) is 35.9 Å². The van der Waals surface area contributed by atoms with Crippen LogP contribution in [0.15, 0.2) is 30.3 Å². The van der Waals surface area contributed by atoms with E-state index >= 15 is 0 Å². The predicted octanol–water partition coefficient (Wildman–Crippen LogP) is 1.65. The summed E-state index contributed by atoms with van der Waals surface area (Å²) in [5, 5.41) is 0. The van der Waals surface area contributed by atoms with Crippen LogP contribution in [0.3, 0.4) is 0 Å². The molecule has 2 nitrogen and oxygen atoms in total. The Hall–Kier alpha value is -0.860. The second-order valence-corrected chi connectivity index (χ2v) is 4.58. The van der Waals surface area contributed by atoms with Crippen molar-refractivity contribution in [2.24, 2.45) is 5.73 Å². The van der Waals surface area contributed by atoms with Gasteiger partial charge in [0.1, 0.15) is 0 Å². The number of benzene rings is 1. The van der Waals surface area contributed by atoms with Gasteiger partial charge in [0.15, 0.2) is 0 Å². The molecule has 0 saturated carbocycles. The highest BCUT2D eigenvalue weighted by Crippen LogP contribution is 2.14. The van der Waals surface area contributed by atoms with E-state index in [1.54, 1.807) is 0 Å². The highest BCUT2D eigenvalue weighted by Gasteiger charge is 2.23. The molecule has 0 unspecified atom stereocenters. The lowest BCUT2D eigenvalue weighted by Crippen LogP contribution is -2.34. The fourth-order valence-electron chi connectivity index (χ4n) is 2.30. The summed E-state index contributed by atoms with van der Waals surface area (Å²) in [7, 11) is 0. The fraction of sp³-hybridized carbons (Fsp3) is 0.538. The first-order valence-corrected chi connectivity index (χ1v) is 5.79. The van der Waals surface area contributed by atoms with Crippen molar-refractivity contribution in [3.63, 3.8) is 0 Å². The van der Waals surface area contributed by atoms with Gasteiger partial charge in [-0.3, -0.25) is 4.90 Å². The molecule has 1 heterocycles. The van der Waals surface area contributed by atoms with Crippen molar-refractivity contribution < 1.29 is 0 Å². The van der Waals surface area contributed by atoms with E-state index in [2.05, 4.69) is 42.2 Å². The fourth-order valence-corrected chi connectivity index (χ4v) is 2.30. The summed E-state index contributed by atoms with van der Waals surface area (Å²) in [6.07, 6.45) is 2.28. The Labute approximate surface area is 92.1 Å². The zero-order chi connectivity index (χ0) is 10.7. The van der Waals surface area contributed by atoms with E-state index in [-0.39, 0.29) is 0 Å². The molecule has 1 aromatic carbocycles. The van der Waals surface area contributed by atoms with Gasteiger partial charge in [-0.15, -0.1) is 0 Å². The Morgan fingerprint density at radius 3 is 2.73 bits per heavy atom. The number of hydrogen-bond acceptors (Lipinski definition) is 2. The van der Waals surface area contributed by atoms with Gasteiger partial charge in [0.2, 0.25) is 0 Å². The Balaban J connectivity index is 1.90. The predicted molar refractivity (Wildman–Crippen MR) is 63.8 cm³/mol. The number of likely N-dealkylation sites (tertiary alicyclic amines) is 1. The number of rotatable bonds is 3. The van der Waals surface area contributed by atoms with E-state index in [1.165, 1.54) is 5.56 Å². The first-order chi connectivity index (χ1) is 7.25. The van der Waals surface area contributed by atoms with Crippen molar-refractivity contribution in [2.45, 2.75) is 31.8 Å². The summed E-state index contributed by atoms with van der Waals surface area (Å²) in [5.74, 6) is 0. The number of nitrogens with two attached hydrogens (primary N) is 1. The zero-order valence-corrected chi connectivity index (χ0v) is 9.39. The third-order valence-corrected chi connectivity index (χ3v) is 3.25. The maximum Gasteiger partial charge on any atom is 0.0180 e. The average Bonchev–Trinajstić information content (AvgIpc) is 2.66. The van der Waals surface area contributed by atoms with E-state index < -0.39 is 0 Å². The van der Waals surface area contributed by atoms with Gasteiger partial charge >= 0.3 is 0 Å². The topological polar surface area (TPSA) is 29.3 Å². The zero-order valence-electron chi connectivity index (χ0n) is 9.39. The summed E-state index contributed by atoms with van der Waals surface area (Å²) >= 11 is 0. The van der Waals surface area contributed by atoms with E-state index in [4.69, 9.17) is 5.73 Å². The van der Waals surface area contributed by atoms with Crippen molar-refractivity contribution in [2.75, 3.05) is 13.1 Å². The summed E-state index contributed by atoms with van der Waals surface area (Å²) < 4.78 is 0. The van der Waals surface area contributed by atoms with Gasteiger partial charge in [-0.25, -0.2) is 0 Å². The van der Waals surface area contributed by atoms with Gasteiger partial charge in [-0.1, -0.05) is 30.3 Å². The van der Waals surface area contributed by atoms with Gasteiger partial charge in [0.05, 0.1) is 0 Å². The van der Waals surface area contributed by atoms with E-state index in [9.17, 15) is 0 Å². The standard InChI is InChI=1S/C13H20N2/c1-11(15-8-7-13(14)10-15)9-12-5-3-2-4-6-12/h2-6,11,13H,7-10,14H2,1H3/t11-,13-/m0/s1. The van der Waals surface area contributed by atoms with Crippen molar-refractivity contribution >= 4 is 0 Å². The summed E-state index contributed by atoms with van der Waals surface area (Å²) in [6.45, 7) is 4.52. The molecule has 0 radical (unpaired) electrons. The minimum atomic E-state index is 0.392. The molecule has 1 aromatic rings. The van der Waals surface area contributed by atoms with Crippen molar-refractivity contribution in [3.8, 4) is 0 Å². The second kappa shape index (κ2) is 4.77. The van der Waals surface area contributed by atoms with Crippen LogP contribution >= 0.6 is 0 Å². The molecule has 0 spiro atoms. The molecule has 2 heteroatoms. The highest BCUT2D eigenvalue weighted by atomic mass is 15.2. The molecule has 82 valence electrons. The molecule has 1 fully saturated rings. The molecule has 0 amide bonds. The highest BCUT2D eigenvalue weighted by molar-refractivity contribution is 5.15. The van der Waals surface area contributed by atoms with Crippen molar-refractivity contribution in [1.82, 2.24) is 4.90 Å². The van der Waals surface area contributed by atoms with Crippen LogP contribution in [0, 0.1) is 0 Å². The monoisotopic (exact) mass is 204 g/mol. The molecule has 2 atom stereocenters. The summed E-state index contributed by atoms with van der Waals surface area (Å²) in [5.41, 5.74) is 7.34. The van der Waals surface area contributed by atoms with Gasteiger partial charge in [0, 0.05) is 25.2 Å². The average molecular weight is 204 g/mol. The lowest BCUT2D eigenvalue weighted by molar-refractivity contribution is 0.254. The molecule has 2 N–H and O–H groups in total. The van der Waals surface area contributed by atoms with Crippen LogP contribution in [-0.4, -0.2) is 30.1 Å². The normalized spacial score (nSPS) is 24.3. The third kappa shape index (κ3) is 2.80. The van der Waals surface area contributed by atoms with Crippen LogP contribution in [0.25, 0.3) is 0 Å². The van der Waals surface area contributed by atoms with E-state index in [0.29, 0.717) is 12.1 Å². The Bertz CT molecular complexity index is 297. The number of hydrogen-bond donors (Lipinski definition) is 1. The quantitative estimate of drug-likeness (QED) is 0.811. The molecule has 1 saturated heterocycles. The van der Waals surface area contributed by atoms with E-state index in [0.717, 1.165) is 25.9 Å². The molecular weight excluding hydrogens is 184 g/mol. The minimum Gasteiger partial charge on any atom is -0.326 e. The van der Waals surface area contributed by atoms with Gasteiger partial charge in [-0.2, -0.15) is 0 Å². The van der Waals surface area contributed by atoms with Crippen LogP contribution in [0.4, 0.5) is 0 Å². The maximum absolute atomic E-state index is 5.91. The Morgan fingerprint density at radius 2 is 2.13 bits per heavy atom. The molecular formula is C13H20N2. The largest absolute Gasteiger partial charge is 0.326 e. The molecule has 15 heavy (non-hydrogen) atoms. The second-order valence-electron chi connectivity index (χ2n) is 4.58. The Kier molecular flexibility index (Phi) is 3.39. The van der Waals surface area contributed by atoms with Crippen LogP contribution < -0.4 is 5.73 Å². The lowest BCUT2D eigenvalue weighted by Gasteiger charge is -2.24. The van der Waals surface area contributed by atoms with Gasteiger partial charge in [0.25, 0.3) is 0 Å². The number of nitrogens with zero attached hydrogens (tertiary/aromatic N) is 1. The van der Waals surface area contributed by atoms with E-state index in [1.807, 2.05) is 0 Å². The Morgan fingerprint density at radius 1 is 1.40 bits per heavy atom. The molecule has 1 aliphatic rings. The first kappa shape index (κ1) is 10.7. The molecule has 0 aromatic heterocycles. The molecule has 0 aliphatic carbocycles. The van der Waals surface area contributed by atoms with Crippen LogP contribution in [0.2, 0.25) is 0 Å². The molecule has 1 aliphatic heterocycles. The smallest absolute Gasteiger partial charge is 0.0180 e.